The molecule has 0 aliphatic carbocycles. The van der Waals surface area contributed by atoms with E-state index in [1.807, 2.05) is 45.0 Å². The second-order valence-corrected chi connectivity index (χ2v) is 6.33. The Balaban J connectivity index is 2.06. The molecule has 0 aliphatic heterocycles. The second kappa shape index (κ2) is 10.1. The van der Waals surface area contributed by atoms with Gasteiger partial charge in [0.05, 0.1) is 24.7 Å². The van der Waals surface area contributed by atoms with Crippen LogP contribution >= 0.6 is 0 Å². The van der Waals surface area contributed by atoms with E-state index in [4.69, 9.17) is 14.7 Å². The standard InChI is InChI=1S/C22H24N2O4/c1-4-27-20-8-6-18(7-9-20)22(26)28-15-21(25)24(11-5-10-23)19-13-16(2)12-17(3)14-19/h6-9,12-14H,4-5,11,15H2,1-3H3. The van der Waals surface area contributed by atoms with E-state index < -0.39 is 12.6 Å². The molecule has 1 amide bonds. The highest BCUT2D eigenvalue weighted by atomic mass is 16.5. The van der Waals surface area contributed by atoms with Crippen LogP contribution in [0.5, 0.6) is 5.75 Å². The zero-order valence-electron chi connectivity index (χ0n) is 16.4. The molecule has 6 nitrogen and oxygen atoms in total. The van der Waals surface area contributed by atoms with E-state index in [0.717, 1.165) is 11.1 Å². The van der Waals surface area contributed by atoms with E-state index in [9.17, 15) is 9.59 Å². The van der Waals surface area contributed by atoms with E-state index in [1.165, 1.54) is 4.90 Å². The zero-order valence-corrected chi connectivity index (χ0v) is 16.4. The van der Waals surface area contributed by atoms with Crippen molar-refractivity contribution < 1.29 is 19.1 Å². The molecular weight excluding hydrogens is 356 g/mol. The van der Waals surface area contributed by atoms with Crippen LogP contribution in [-0.2, 0) is 9.53 Å². The van der Waals surface area contributed by atoms with Gasteiger partial charge < -0.3 is 14.4 Å². The van der Waals surface area contributed by atoms with Crippen LogP contribution in [0.2, 0.25) is 0 Å². The Hall–Kier alpha value is -3.33. The number of amides is 1. The first kappa shape index (κ1) is 21.0. The molecule has 0 bridgehead atoms. The molecule has 0 unspecified atom stereocenters. The number of esters is 1. The number of benzene rings is 2. The van der Waals surface area contributed by atoms with Crippen molar-refractivity contribution >= 4 is 17.6 Å². The highest BCUT2D eigenvalue weighted by Gasteiger charge is 2.19. The van der Waals surface area contributed by atoms with Crippen molar-refractivity contribution in [2.24, 2.45) is 0 Å². The molecule has 146 valence electrons. The normalized spacial score (nSPS) is 10.1. The molecule has 0 saturated heterocycles. The van der Waals surface area contributed by atoms with Gasteiger partial charge in [-0.05, 0) is 68.3 Å². The molecule has 0 fully saturated rings. The third kappa shape index (κ3) is 5.85. The van der Waals surface area contributed by atoms with Gasteiger partial charge in [0.1, 0.15) is 5.75 Å². The molecule has 0 N–H and O–H groups in total. The fourth-order valence-corrected chi connectivity index (χ4v) is 2.81. The van der Waals surface area contributed by atoms with Crippen molar-refractivity contribution in [3.63, 3.8) is 0 Å². The lowest BCUT2D eigenvalue weighted by Crippen LogP contribution is -2.35. The fraction of sp³-hybridized carbons (Fsp3) is 0.318. The molecule has 2 aromatic carbocycles. The van der Waals surface area contributed by atoms with Crippen molar-refractivity contribution in [2.45, 2.75) is 27.2 Å². The number of nitriles is 1. The maximum absolute atomic E-state index is 12.7. The molecule has 2 aromatic rings. The maximum Gasteiger partial charge on any atom is 0.338 e. The predicted molar refractivity (Wildman–Crippen MR) is 106 cm³/mol. The van der Waals surface area contributed by atoms with E-state index in [0.29, 0.717) is 23.6 Å². The molecule has 0 heterocycles. The maximum atomic E-state index is 12.7. The first-order valence-corrected chi connectivity index (χ1v) is 9.10. The monoisotopic (exact) mass is 380 g/mol. The second-order valence-electron chi connectivity index (χ2n) is 6.33. The lowest BCUT2D eigenvalue weighted by Gasteiger charge is -2.22. The van der Waals surface area contributed by atoms with Gasteiger partial charge in [-0.3, -0.25) is 4.79 Å². The van der Waals surface area contributed by atoms with Crippen LogP contribution in [-0.4, -0.2) is 31.6 Å². The molecule has 0 atom stereocenters. The summed E-state index contributed by atoms with van der Waals surface area (Å²) in [5.74, 6) is -0.302. The number of rotatable bonds is 8. The third-order valence-electron chi connectivity index (χ3n) is 3.99. The summed E-state index contributed by atoms with van der Waals surface area (Å²) >= 11 is 0. The van der Waals surface area contributed by atoms with Gasteiger partial charge in [0.2, 0.25) is 0 Å². The van der Waals surface area contributed by atoms with Crippen LogP contribution in [0.15, 0.2) is 42.5 Å². The zero-order chi connectivity index (χ0) is 20.5. The van der Waals surface area contributed by atoms with Gasteiger partial charge in [-0.25, -0.2) is 4.79 Å². The van der Waals surface area contributed by atoms with Crippen molar-refractivity contribution in [2.75, 3.05) is 24.7 Å². The van der Waals surface area contributed by atoms with E-state index >= 15 is 0 Å². The van der Waals surface area contributed by atoms with Crippen molar-refractivity contribution in [1.82, 2.24) is 0 Å². The molecule has 0 spiro atoms. The smallest absolute Gasteiger partial charge is 0.338 e. The van der Waals surface area contributed by atoms with Gasteiger partial charge in [-0.15, -0.1) is 0 Å². The number of hydrogen-bond acceptors (Lipinski definition) is 5. The fourth-order valence-electron chi connectivity index (χ4n) is 2.81. The van der Waals surface area contributed by atoms with Gasteiger partial charge in [0, 0.05) is 12.2 Å². The number of carbonyl (C=O) groups excluding carboxylic acids is 2. The lowest BCUT2D eigenvalue weighted by atomic mass is 10.1. The quantitative estimate of drug-likeness (QED) is 0.651. The highest BCUT2D eigenvalue weighted by Crippen LogP contribution is 2.20. The van der Waals surface area contributed by atoms with Gasteiger partial charge in [-0.2, -0.15) is 5.26 Å². The van der Waals surface area contributed by atoms with Crippen LogP contribution in [0.4, 0.5) is 5.69 Å². The molecule has 28 heavy (non-hydrogen) atoms. The minimum Gasteiger partial charge on any atom is -0.494 e. The Morgan fingerprint density at radius 1 is 1.07 bits per heavy atom. The average molecular weight is 380 g/mol. The van der Waals surface area contributed by atoms with Gasteiger partial charge in [0.25, 0.3) is 5.91 Å². The Morgan fingerprint density at radius 2 is 1.71 bits per heavy atom. The van der Waals surface area contributed by atoms with Gasteiger partial charge in [-0.1, -0.05) is 6.07 Å². The molecular formula is C22H24N2O4. The summed E-state index contributed by atoms with van der Waals surface area (Å²) in [6.45, 7) is 6.13. The van der Waals surface area contributed by atoms with Crippen LogP contribution in [0.25, 0.3) is 0 Å². The number of carbonyl (C=O) groups is 2. The Labute approximate surface area is 165 Å². The molecule has 6 heteroatoms. The largest absolute Gasteiger partial charge is 0.494 e. The summed E-state index contributed by atoms with van der Waals surface area (Å²) in [6, 6.07) is 14.3. The predicted octanol–water partition coefficient (Wildman–Crippen LogP) is 3.81. The van der Waals surface area contributed by atoms with E-state index in [-0.39, 0.29) is 18.9 Å². The number of nitrogens with zero attached hydrogens (tertiary/aromatic N) is 2. The number of ether oxygens (including phenoxy) is 2. The van der Waals surface area contributed by atoms with Gasteiger partial charge in [0.15, 0.2) is 6.61 Å². The SMILES string of the molecule is CCOc1ccc(C(=O)OCC(=O)N(CCC#N)c2cc(C)cc(C)c2)cc1. The van der Waals surface area contributed by atoms with Crippen LogP contribution in [0, 0.1) is 25.2 Å². The summed E-state index contributed by atoms with van der Waals surface area (Å²) in [7, 11) is 0. The minimum atomic E-state index is -0.586. The Kier molecular flexibility index (Phi) is 7.58. The van der Waals surface area contributed by atoms with Crippen molar-refractivity contribution in [3.8, 4) is 11.8 Å². The van der Waals surface area contributed by atoms with E-state index in [1.54, 1.807) is 24.3 Å². The van der Waals surface area contributed by atoms with Gasteiger partial charge >= 0.3 is 5.97 Å². The number of aryl methyl sites for hydroxylation is 2. The number of anilines is 1. The summed E-state index contributed by atoms with van der Waals surface area (Å²) in [6.07, 6.45) is 0.186. The topological polar surface area (TPSA) is 79.6 Å². The van der Waals surface area contributed by atoms with E-state index in [2.05, 4.69) is 0 Å². The Morgan fingerprint density at radius 3 is 2.29 bits per heavy atom. The first-order chi connectivity index (χ1) is 13.4. The highest BCUT2D eigenvalue weighted by molar-refractivity contribution is 5.97. The van der Waals surface area contributed by atoms with Crippen molar-refractivity contribution in [3.05, 3.63) is 59.2 Å². The number of hydrogen-bond donors (Lipinski definition) is 0. The molecule has 0 saturated carbocycles. The van der Waals surface area contributed by atoms with Crippen LogP contribution < -0.4 is 9.64 Å². The summed E-state index contributed by atoms with van der Waals surface area (Å²) in [5, 5.41) is 8.90. The minimum absolute atomic E-state index is 0.186. The van der Waals surface area contributed by atoms with Crippen LogP contribution in [0.3, 0.4) is 0 Å². The summed E-state index contributed by atoms with van der Waals surface area (Å²) < 4.78 is 10.5. The summed E-state index contributed by atoms with van der Waals surface area (Å²) in [4.78, 5) is 26.4. The average Bonchev–Trinajstić information content (AvgIpc) is 2.66. The Bertz CT molecular complexity index is 849. The molecule has 0 aromatic heterocycles. The third-order valence-corrected chi connectivity index (χ3v) is 3.99. The molecule has 0 aliphatic rings. The van der Waals surface area contributed by atoms with Crippen molar-refractivity contribution in [1.29, 1.82) is 5.26 Å². The molecule has 0 radical (unpaired) electrons. The first-order valence-electron chi connectivity index (χ1n) is 9.10. The summed E-state index contributed by atoms with van der Waals surface area (Å²) in [5.41, 5.74) is 3.05. The molecule has 2 rings (SSSR count). The van der Waals surface area contributed by atoms with Crippen LogP contribution in [0.1, 0.15) is 34.8 Å². The lowest BCUT2D eigenvalue weighted by molar-refractivity contribution is -0.121.